The van der Waals surface area contributed by atoms with Gasteiger partial charge in [-0.25, -0.2) is 0 Å². The predicted octanol–water partition coefficient (Wildman–Crippen LogP) is 1.33. The topological polar surface area (TPSA) is 65.1 Å². The first-order valence-electron chi connectivity index (χ1n) is 5.03. The zero-order valence-electron chi connectivity index (χ0n) is 8.72. The molecule has 0 saturated heterocycles. The van der Waals surface area contributed by atoms with Crippen LogP contribution in [0.15, 0.2) is 30.5 Å². The van der Waals surface area contributed by atoms with Gasteiger partial charge in [0.1, 0.15) is 6.29 Å². The molecule has 0 aliphatic carbocycles. The molecule has 16 heavy (non-hydrogen) atoms. The average molecular weight is 216 g/mol. The lowest BCUT2D eigenvalue weighted by Crippen LogP contribution is -2.13. The fraction of sp³-hybridized carbons (Fsp3) is 0.167. The van der Waals surface area contributed by atoms with Gasteiger partial charge >= 0.3 is 0 Å². The number of aromatic nitrogens is 1. The molecule has 0 radical (unpaired) electrons. The number of hydrogen-bond donors (Lipinski definition) is 1. The highest BCUT2D eigenvalue weighted by molar-refractivity contribution is 5.87. The predicted molar refractivity (Wildman–Crippen MR) is 61.1 cm³/mol. The lowest BCUT2D eigenvalue weighted by molar-refractivity contribution is -0.118. The number of aldehydes is 1. The fourth-order valence-corrected chi connectivity index (χ4v) is 1.72. The molecule has 0 saturated carbocycles. The second kappa shape index (κ2) is 4.18. The lowest BCUT2D eigenvalue weighted by atomic mass is 10.2. The molecule has 0 aliphatic heterocycles. The SMILES string of the molecule is NC(=O)CCn1ccc2cc(C=O)ccc21. The molecule has 1 heterocycles. The summed E-state index contributed by atoms with van der Waals surface area (Å²) in [5, 5.41) is 0.995. The molecular weight excluding hydrogens is 204 g/mol. The van der Waals surface area contributed by atoms with E-state index < -0.39 is 0 Å². The molecule has 0 aliphatic rings. The Morgan fingerprint density at radius 1 is 1.38 bits per heavy atom. The first-order chi connectivity index (χ1) is 7.70. The maximum absolute atomic E-state index is 10.7. The van der Waals surface area contributed by atoms with E-state index in [4.69, 9.17) is 5.73 Å². The molecule has 1 amide bonds. The number of nitrogens with two attached hydrogens (primary N) is 1. The van der Waals surface area contributed by atoms with Gasteiger partial charge in [-0.05, 0) is 24.3 Å². The van der Waals surface area contributed by atoms with Crippen molar-refractivity contribution in [2.75, 3.05) is 0 Å². The van der Waals surface area contributed by atoms with Crippen LogP contribution in [0.2, 0.25) is 0 Å². The third-order valence-corrected chi connectivity index (χ3v) is 2.53. The van der Waals surface area contributed by atoms with Gasteiger partial charge in [-0.15, -0.1) is 0 Å². The van der Waals surface area contributed by atoms with Gasteiger partial charge in [-0.1, -0.05) is 0 Å². The third kappa shape index (κ3) is 1.95. The van der Waals surface area contributed by atoms with Gasteiger partial charge in [0, 0.05) is 35.6 Å². The minimum atomic E-state index is -0.314. The standard InChI is InChI=1S/C12H12N2O2/c13-12(16)4-6-14-5-3-10-7-9(8-15)1-2-11(10)14/h1-3,5,7-8H,4,6H2,(H2,13,16). The van der Waals surface area contributed by atoms with E-state index >= 15 is 0 Å². The van der Waals surface area contributed by atoms with E-state index in [2.05, 4.69) is 0 Å². The monoisotopic (exact) mass is 216 g/mol. The Balaban J connectivity index is 2.34. The number of carbonyl (C=O) groups excluding carboxylic acids is 2. The summed E-state index contributed by atoms with van der Waals surface area (Å²) in [6, 6.07) is 7.38. The van der Waals surface area contributed by atoms with Crippen LogP contribution in [0, 0.1) is 0 Å². The molecule has 0 atom stereocenters. The molecule has 2 rings (SSSR count). The summed E-state index contributed by atoms with van der Waals surface area (Å²) in [5.74, 6) is -0.314. The van der Waals surface area contributed by atoms with Gasteiger partial charge in [0.2, 0.25) is 5.91 Å². The minimum Gasteiger partial charge on any atom is -0.370 e. The van der Waals surface area contributed by atoms with Crippen LogP contribution in [0.4, 0.5) is 0 Å². The number of aryl methyl sites for hydroxylation is 1. The molecule has 2 aromatic rings. The van der Waals surface area contributed by atoms with E-state index in [1.54, 1.807) is 6.07 Å². The number of rotatable bonds is 4. The summed E-state index contributed by atoms with van der Waals surface area (Å²) in [4.78, 5) is 21.3. The molecule has 2 N–H and O–H groups in total. The summed E-state index contributed by atoms with van der Waals surface area (Å²) in [6.45, 7) is 0.569. The largest absolute Gasteiger partial charge is 0.370 e. The molecule has 0 bridgehead atoms. The number of primary amides is 1. The number of amides is 1. The third-order valence-electron chi connectivity index (χ3n) is 2.53. The Hall–Kier alpha value is -2.10. The van der Waals surface area contributed by atoms with Gasteiger partial charge < -0.3 is 10.3 Å². The molecule has 4 nitrogen and oxygen atoms in total. The van der Waals surface area contributed by atoms with Crippen molar-refractivity contribution in [1.29, 1.82) is 0 Å². The normalized spacial score (nSPS) is 10.5. The van der Waals surface area contributed by atoms with Crippen molar-refractivity contribution in [2.45, 2.75) is 13.0 Å². The Bertz CT molecular complexity index is 543. The van der Waals surface area contributed by atoms with Gasteiger partial charge in [0.25, 0.3) is 0 Å². The molecule has 82 valence electrons. The molecule has 1 aromatic carbocycles. The molecule has 4 heteroatoms. The second-order valence-corrected chi connectivity index (χ2v) is 3.66. The van der Waals surface area contributed by atoms with Gasteiger partial charge in [0.05, 0.1) is 0 Å². The van der Waals surface area contributed by atoms with Crippen molar-refractivity contribution in [2.24, 2.45) is 5.73 Å². The highest BCUT2D eigenvalue weighted by Crippen LogP contribution is 2.17. The maximum Gasteiger partial charge on any atom is 0.219 e. The zero-order valence-corrected chi connectivity index (χ0v) is 8.72. The van der Waals surface area contributed by atoms with Crippen molar-refractivity contribution in [3.63, 3.8) is 0 Å². The fourth-order valence-electron chi connectivity index (χ4n) is 1.72. The number of benzene rings is 1. The molecule has 0 spiro atoms. The Morgan fingerprint density at radius 3 is 2.88 bits per heavy atom. The van der Waals surface area contributed by atoms with Gasteiger partial charge in [0.15, 0.2) is 0 Å². The van der Waals surface area contributed by atoms with Crippen LogP contribution >= 0.6 is 0 Å². The van der Waals surface area contributed by atoms with Crippen molar-refractivity contribution in [3.8, 4) is 0 Å². The number of nitrogens with zero attached hydrogens (tertiary/aromatic N) is 1. The quantitative estimate of drug-likeness (QED) is 0.783. The van der Waals surface area contributed by atoms with Crippen LogP contribution in [-0.2, 0) is 11.3 Å². The highest BCUT2D eigenvalue weighted by Gasteiger charge is 2.03. The zero-order chi connectivity index (χ0) is 11.5. The summed E-state index contributed by atoms with van der Waals surface area (Å²) in [7, 11) is 0. The first-order valence-corrected chi connectivity index (χ1v) is 5.03. The summed E-state index contributed by atoms with van der Waals surface area (Å²) in [5.41, 5.74) is 6.76. The average Bonchev–Trinajstić information content (AvgIpc) is 2.68. The molecule has 0 fully saturated rings. The Morgan fingerprint density at radius 2 is 2.19 bits per heavy atom. The van der Waals surface area contributed by atoms with Gasteiger partial charge in [-0.3, -0.25) is 9.59 Å². The van der Waals surface area contributed by atoms with Crippen molar-refractivity contribution in [3.05, 3.63) is 36.0 Å². The summed E-state index contributed by atoms with van der Waals surface area (Å²) >= 11 is 0. The van der Waals surface area contributed by atoms with E-state index in [-0.39, 0.29) is 5.91 Å². The van der Waals surface area contributed by atoms with E-state index in [0.717, 1.165) is 17.2 Å². The van der Waals surface area contributed by atoms with Gasteiger partial charge in [-0.2, -0.15) is 0 Å². The van der Waals surface area contributed by atoms with Crippen LogP contribution in [0.3, 0.4) is 0 Å². The van der Waals surface area contributed by atoms with Crippen LogP contribution in [-0.4, -0.2) is 16.8 Å². The van der Waals surface area contributed by atoms with E-state index in [1.165, 1.54) is 0 Å². The molecule has 0 unspecified atom stereocenters. The van der Waals surface area contributed by atoms with Crippen molar-refractivity contribution >= 4 is 23.1 Å². The maximum atomic E-state index is 10.7. The minimum absolute atomic E-state index is 0.314. The van der Waals surface area contributed by atoms with E-state index in [9.17, 15) is 9.59 Å². The Labute approximate surface area is 92.7 Å². The second-order valence-electron chi connectivity index (χ2n) is 3.66. The first kappa shape index (κ1) is 10.4. The van der Waals surface area contributed by atoms with E-state index in [1.807, 2.05) is 29.0 Å². The number of carbonyl (C=O) groups is 2. The van der Waals surface area contributed by atoms with Crippen LogP contribution in [0.25, 0.3) is 10.9 Å². The highest BCUT2D eigenvalue weighted by atomic mass is 16.1. The lowest BCUT2D eigenvalue weighted by Gasteiger charge is -2.03. The number of fused-ring (bicyclic) bond motifs is 1. The van der Waals surface area contributed by atoms with E-state index in [0.29, 0.717) is 18.5 Å². The van der Waals surface area contributed by atoms with Crippen LogP contribution in [0.5, 0.6) is 0 Å². The summed E-state index contributed by atoms with van der Waals surface area (Å²) in [6.07, 6.45) is 3.03. The smallest absolute Gasteiger partial charge is 0.219 e. The van der Waals surface area contributed by atoms with Crippen molar-refractivity contribution in [1.82, 2.24) is 4.57 Å². The molecule has 1 aromatic heterocycles. The van der Waals surface area contributed by atoms with Crippen LogP contribution in [0.1, 0.15) is 16.8 Å². The Kier molecular flexibility index (Phi) is 2.72. The van der Waals surface area contributed by atoms with Crippen LogP contribution < -0.4 is 5.73 Å². The van der Waals surface area contributed by atoms with Crippen molar-refractivity contribution < 1.29 is 9.59 Å². The summed E-state index contributed by atoms with van der Waals surface area (Å²) < 4.78 is 1.95. The number of hydrogen-bond acceptors (Lipinski definition) is 2. The molecular formula is C12H12N2O2.